The van der Waals surface area contributed by atoms with Crippen LogP contribution in [-0.4, -0.2) is 49.9 Å². The number of allylic oxidation sites excluding steroid dienone is 1. The zero-order valence-corrected chi connectivity index (χ0v) is 21.9. The number of aliphatic imine (C=N–C) groups is 1. The van der Waals surface area contributed by atoms with E-state index in [9.17, 15) is 14.0 Å². The van der Waals surface area contributed by atoms with Crippen molar-refractivity contribution in [3.05, 3.63) is 82.8 Å². The number of rotatable bonds is 9. The van der Waals surface area contributed by atoms with Crippen LogP contribution in [0.1, 0.15) is 44.7 Å². The highest BCUT2D eigenvalue weighted by atomic mass is 19.1. The lowest BCUT2D eigenvalue weighted by Crippen LogP contribution is -2.38. The van der Waals surface area contributed by atoms with Gasteiger partial charge >= 0.3 is 11.9 Å². The molecule has 192 valence electrons. The lowest BCUT2D eigenvalue weighted by atomic mass is 9.75. The zero-order valence-electron chi connectivity index (χ0n) is 21.9. The quantitative estimate of drug-likeness (QED) is 0.451. The molecule has 0 radical (unpaired) electrons. The van der Waals surface area contributed by atoms with Gasteiger partial charge in [-0.05, 0) is 44.2 Å². The highest BCUT2D eigenvalue weighted by molar-refractivity contribution is 6.06. The van der Waals surface area contributed by atoms with Crippen molar-refractivity contribution in [3.63, 3.8) is 0 Å². The van der Waals surface area contributed by atoms with Gasteiger partial charge in [0.05, 0.1) is 19.3 Å². The molecule has 2 aromatic carbocycles. The topological polar surface area (TPSA) is 68.2 Å². The molecule has 0 aromatic heterocycles. The van der Waals surface area contributed by atoms with Gasteiger partial charge in [-0.25, -0.2) is 9.18 Å². The molecule has 6 nitrogen and oxygen atoms in total. The number of ether oxygens (including phenoxy) is 2. The molecule has 2 aromatic rings. The van der Waals surface area contributed by atoms with Crippen LogP contribution in [0.5, 0.6) is 0 Å². The largest absolute Gasteiger partial charge is 0.468 e. The van der Waals surface area contributed by atoms with E-state index in [0.29, 0.717) is 23.5 Å². The predicted octanol–water partition coefficient (Wildman–Crippen LogP) is 5.15. The third-order valence-corrected chi connectivity index (χ3v) is 6.30. The number of methoxy groups -OCH3 is 1. The van der Waals surface area contributed by atoms with Gasteiger partial charge < -0.3 is 14.4 Å². The van der Waals surface area contributed by atoms with Crippen molar-refractivity contribution in [2.24, 2.45) is 16.3 Å². The number of esters is 2. The van der Waals surface area contributed by atoms with Crippen molar-refractivity contribution in [1.29, 1.82) is 0 Å². The Morgan fingerprint density at radius 3 is 2.42 bits per heavy atom. The van der Waals surface area contributed by atoms with Gasteiger partial charge in [0, 0.05) is 35.8 Å². The average molecular weight is 495 g/mol. The molecule has 1 aliphatic rings. The van der Waals surface area contributed by atoms with Crippen molar-refractivity contribution in [2.75, 3.05) is 27.3 Å². The first-order valence-corrected chi connectivity index (χ1v) is 12.0. The van der Waals surface area contributed by atoms with E-state index in [1.54, 1.807) is 26.0 Å². The molecule has 36 heavy (non-hydrogen) atoms. The minimum atomic E-state index is -0.854. The molecular formula is C29H35FN2O4. The second-order valence-corrected chi connectivity index (χ2v) is 10.2. The van der Waals surface area contributed by atoms with E-state index in [1.165, 1.54) is 24.8 Å². The molecule has 0 amide bonds. The van der Waals surface area contributed by atoms with Gasteiger partial charge in [0.15, 0.2) is 0 Å². The third-order valence-electron chi connectivity index (χ3n) is 6.30. The summed E-state index contributed by atoms with van der Waals surface area (Å²) in [6, 6.07) is 16.1. The first kappa shape index (κ1) is 27.3. The Bertz CT molecular complexity index is 1160. The lowest BCUT2D eigenvalue weighted by Gasteiger charge is -2.33. The van der Waals surface area contributed by atoms with Crippen LogP contribution in [0.15, 0.2) is 70.9 Å². The Morgan fingerprint density at radius 1 is 1.08 bits per heavy atom. The molecule has 2 atom stereocenters. The molecule has 7 heteroatoms. The minimum absolute atomic E-state index is 0.170. The van der Waals surface area contributed by atoms with E-state index in [0.717, 1.165) is 6.54 Å². The Labute approximate surface area is 212 Å². The van der Waals surface area contributed by atoms with E-state index < -0.39 is 29.6 Å². The summed E-state index contributed by atoms with van der Waals surface area (Å²) in [6.07, 6.45) is 0. The molecule has 0 bridgehead atoms. The summed E-state index contributed by atoms with van der Waals surface area (Å²) >= 11 is 0. The molecule has 0 aliphatic carbocycles. The lowest BCUT2D eigenvalue weighted by molar-refractivity contribution is -0.145. The molecular weight excluding hydrogens is 459 g/mol. The first-order valence-electron chi connectivity index (χ1n) is 12.0. The van der Waals surface area contributed by atoms with Crippen molar-refractivity contribution in [2.45, 2.75) is 40.2 Å². The third kappa shape index (κ3) is 6.66. The predicted molar refractivity (Wildman–Crippen MR) is 138 cm³/mol. The van der Waals surface area contributed by atoms with Gasteiger partial charge in [-0.15, -0.1) is 0 Å². The number of benzene rings is 2. The smallest absolute Gasteiger partial charge is 0.336 e. The summed E-state index contributed by atoms with van der Waals surface area (Å²) in [4.78, 5) is 32.8. The molecule has 2 unspecified atom stereocenters. The van der Waals surface area contributed by atoms with Gasteiger partial charge in [-0.2, -0.15) is 0 Å². The Morgan fingerprint density at radius 2 is 1.78 bits per heavy atom. The SMILES string of the molecule is COC(=O)C1C(C)=NC(C)=C(C(=O)OCC(C)(C)CN(C)Cc2ccccc2)C1c1cccc(F)c1. The fourth-order valence-corrected chi connectivity index (χ4v) is 4.86. The standard InChI is InChI=1S/C29H35FN2O4/c1-19-24(27(33)35-6)26(22-13-10-14-23(30)15-22)25(20(2)31-19)28(34)36-18-29(3,4)17-32(5)16-21-11-8-7-9-12-21/h7-15,24,26H,16-18H2,1-6H3. The second kappa shape index (κ2) is 11.6. The van der Waals surface area contributed by atoms with E-state index in [4.69, 9.17) is 9.47 Å². The van der Waals surface area contributed by atoms with Gasteiger partial charge in [-0.3, -0.25) is 9.79 Å². The molecule has 0 fully saturated rings. The molecule has 1 heterocycles. The van der Waals surface area contributed by atoms with Crippen molar-refractivity contribution in [1.82, 2.24) is 4.90 Å². The fourth-order valence-electron chi connectivity index (χ4n) is 4.86. The highest BCUT2D eigenvalue weighted by Crippen LogP contribution is 2.40. The van der Waals surface area contributed by atoms with E-state index in [-0.39, 0.29) is 17.6 Å². The summed E-state index contributed by atoms with van der Waals surface area (Å²) in [5.41, 5.74) is 2.56. The van der Waals surface area contributed by atoms with Gasteiger partial charge in [0.1, 0.15) is 11.7 Å². The monoisotopic (exact) mass is 494 g/mol. The number of carbonyl (C=O) groups excluding carboxylic acids is 2. The summed E-state index contributed by atoms with van der Waals surface area (Å²) in [7, 11) is 3.32. The van der Waals surface area contributed by atoms with E-state index in [1.807, 2.05) is 39.1 Å². The summed E-state index contributed by atoms with van der Waals surface area (Å²) in [5, 5.41) is 0. The van der Waals surface area contributed by atoms with Crippen LogP contribution in [-0.2, 0) is 25.6 Å². The average Bonchev–Trinajstić information content (AvgIpc) is 2.82. The molecule has 3 rings (SSSR count). The number of nitrogens with zero attached hydrogens (tertiary/aromatic N) is 2. The number of carbonyl (C=O) groups is 2. The minimum Gasteiger partial charge on any atom is -0.468 e. The number of hydrogen-bond donors (Lipinski definition) is 0. The van der Waals surface area contributed by atoms with E-state index >= 15 is 0 Å². The van der Waals surface area contributed by atoms with Crippen molar-refractivity contribution in [3.8, 4) is 0 Å². The first-order chi connectivity index (χ1) is 17.0. The van der Waals surface area contributed by atoms with Crippen molar-refractivity contribution >= 4 is 17.7 Å². The summed E-state index contributed by atoms with van der Waals surface area (Å²) < 4.78 is 25.0. The normalized spacial score (nSPS) is 18.2. The Hall–Kier alpha value is -3.32. The van der Waals surface area contributed by atoms with Crippen LogP contribution < -0.4 is 0 Å². The van der Waals surface area contributed by atoms with E-state index in [2.05, 4.69) is 22.0 Å². The van der Waals surface area contributed by atoms with Crippen LogP contribution in [0.4, 0.5) is 4.39 Å². The highest BCUT2D eigenvalue weighted by Gasteiger charge is 2.42. The maximum atomic E-state index is 14.2. The maximum Gasteiger partial charge on any atom is 0.336 e. The molecule has 0 saturated heterocycles. The molecule has 1 aliphatic heterocycles. The van der Waals surface area contributed by atoms with Crippen molar-refractivity contribution < 1.29 is 23.5 Å². The zero-order chi connectivity index (χ0) is 26.5. The maximum absolute atomic E-state index is 14.2. The Kier molecular flexibility index (Phi) is 8.79. The summed E-state index contributed by atoms with van der Waals surface area (Å²) in [6.45, 7) is 9.13. The second-order valence-electron chi connectivity index (χ2n) is 10.2. The number of halogens is 1. The molecule has 0 spiro atoms. The fraction of sp³-hybridized carbons (Fsp3) is 0.414. The van der Waals surface area contributed by atoms with Crippen LogP contribution in [0.2, 0.25) is 0 Å². The van der Waals surface area contributed by atoms with Gasteiger partial charge in [-0.1, -0.05) is 56.3 Å². The van der Waals surface area contributed by atoms with Gasteiger partial charge in [0.2, 0.25) is 0 Å². The van der Waals surface area contributed by atoms with Crippen LogP contribution in [0.3, 0.4) is 0 Å². The van der Waals surface area contributed by atoms with Crippen LogP contribution in [0.25, 0.3) is 0 Å². The molecule has 0 N–H and O–H groups in total. The summed E-state index contributed by atoms with van der Waals surface area (Å²) in [5.74, 6) is -3.17. The molecule has 0 saturated carbocycles. The van der Waals surface area contributed by atoms with Crippen LogP contribution >= 0.6 is 0 Å². The van der Waals surface area contributed by atoms with Crippen LogP contribution in [0, 0.1) is 17.2 Å². The van der Waals surface area contributed by atoms with Gasteiger partial charge in [0.25, 0.3) is 0 Å². The number of hydrogen-bond acceptors (Lipinski definition) is 6. The Balaban J connectivity index is 1.81.